The summed E-state index contributed by atoms with van der Waals surface area (Å²) in [5, 5.41) is 2.59. The molecule has 1 aromatic carbocycles. The Labute approximate surface area is 183 Å². The topological polar surface area (TPSA) is 102 Å². The van der Waals surface area contributed by atoms with Crippen molar-refractivity contribution in [2.24, 2.45) is 5.41 Å². The second-order valence-electron chi connectivity index (χ2n) is 7.00. The van der Waals surface area contributed by atoms with E-state index in [1.165, 1.54) is 22.5 Å². The number of ether oxygens (including phenoxy) is 2. The minimum absolute atomic E-state index is 0.0179. The predicted octanol–water partition coefficient (Wildman–Crippen LogP) is 2.43. The lowest BCUT2D eigenvalue weighted by atomic mass is 10.1. The number of amides is 1. The molecule has 0 aromatic heterocycles. The molecule has 29 heavy (non-hydrogen) atoms. The third kappa shape index (κ3) is 4.65. The van der Waals surface area contributed by atoms with Crippen LogP contribution in [0.4, 0.5) is 5.69 Å². The highest BCUT2D eigenvalue weighted by Crippen LogP contribution is 2.64. The maximum atomic E-state index is 12.8. The first kappa shape index (κ1) is 22.6. The number of halogens is 3. The summed E-state index contributed by atoms with van der Waals surface area (Å²) in [6.07, 6.45) is 0.233. The van der Waals surface area contributed by atoms with Crippen molar-refractivity contribution in [2.75, 3.05) is 38.2 Å². The van der Waals surface area contributed by atoms with Gasteiger partial charge in [-0.25, -0.2) is 8.42 Å². The van der Waals surface area contributed by atoms with Crippen molar-refractivity contribution < 1.29 is 27.5 Å². The van der Waals surface area contributed by atoms with Crippen molar-refractivity contribution in [3.63, 3.8) is 0 Å². The molecular formula is C17H19Cl3N2O6S. The second-order valence-corrected chi connectivity index (χ2v) is 10.8. The Bertz CT molecular complexity index is 933. The minimum atomic E-state index is -3.76. The molecule has 3 rings (SSSR count). The Morgan fingerprint density at radius 1 is 1.28 bits per heavy atom. The van der Waals surface area contributed by atoms with E-state index in [1.807, 2.05) is 0 Å². The highest BCUT2D eigenvalue weighted by atomic mass is 35.5. The molecular weight excluding hydrogens is 467 g/mol. The normalized spacial score (nSPS) is 24.0. The van der Waals surface area contributed by atoms with Gasteiger partial charge in [-0.1, -0.05) is 11.6 Å². The molecule has 1 saturated heterocycles. The Morgan fingerprint density at radius 2 is 1.90 bits per heavy atom. The molecule has 1 saturated carbocycles. The van der Waals surface area contributed by atoms with E-state index in [-0.39, 0.29) is 35.1 Å². The number of carbonyl (C=O) groups is 2. The third-order valence-electron chi connectivity index (χ3n) is 4.86. The maximum Gasteiger partial charge on any atom is 0.315 e. The van der Waals surface area contributed by atoms with Gasteiger partial charge in [0.05, 0.1) is 28.8 Å². The van der Waals surface area contributed by atoms with Gasteiger partial charge in [-0.3, -0.25) is 9.59 Å². The molecule has 160 valence electrons. The van der Waals surface area contributed by atoms with Gasteiger partial charge in [-0.15, -0.1) is 23.2 Å². The number of carbonyl (C=O) groups excluding carboxylic acids is 2. The van der Waals surface area contributed by atoms with Crippen molar-refractivity contribution in [3.05, 3.63) is 23.2 Å². The van der Waals surface area contributed by atoms with Crippen LogP contribution in [0.2, 0.25) is 5.02 Å². The number of hydrogen-bond acceptors (Lipinski definition) is 6. The standard InChI is InChI=1S/C17H19Cl3N2O6S/c1-16(10-17(16,19)20)15(24)28-9-14(23)21-13-8-11(2-3-12(13)18)29(25,26)22-4-6-27-7-5-22/h2-3,8H,4-7,9-10H2,1H3,(H,21,23)/t16-/m0/s1. The molecule has 2 fully saturated rings. The van der Waals surface area contributed by atoms with Crippen molar-refractivity contribution in [2.45, 2.75) is 22.6 Å². The molecule has 12 heteroatoms. The minimum Gasteiger partial charge on any atom is -0.455 e. The molecule has 1 aromatic rings. The fourth-order valence-electron chi connectivity index (χ4n) is 2.79. The number of benzene rings is 1. The third-order valence-corrected chi connectivity index (χ3v) is 8.19. The zero-order valence-corrected chi connectivity index (χ0v) is 18.5. The molecule has 0 spiro atoms. The maximum absolute atomic E-state index is 12.8. The number of alkyl halides is 2. The fourth-order valence-corrected chi connectivity index (χ4v) is 5.08. The number of hydrogen-bond donors (Lipinski definition) is 1. The lowest BCUT2D eigenvalue weighted by molar-refractivity contribution is -0.152. The monoisotopic (exact) mass is 484 g/mol. The van der Waals surface area contributed by atoms with E-state index < -0.39 is 38.3 Å². The lowest BCUT2D eigenvalue weighted by Gasteiger charge is -2.26. The smallest absolute Gasteiger partial charge is 0.315 e. The van der Waals surface area contributed by atoms with Gasteiger partial charge in [0, 0.05) is 19.5 Å². The van der Waals surface area contributed by atoms with E-state index in [2.05, 4.69) is 5.32 Å². The highest BCUT2D eigenvalue weighted by Gasteiger charge is 2.69. The molecule has 1 heterocycles. The molecule has 1 amide bonds. The van der Waals surface area contributed by atoms with Crippen LogP contribution in [0, 0.1) is 5.41 Å². The average Bonchev–Trinajstić information content (AvgIpc) is 3.21. The van der Waals surface area contributed by atoms with Crippen LogP contribution in [0.3, 0.4) is 0 Å². The molecule has 0 bridgehead atoms. The van der Waals surface area contributed by atoms with E-state index in [0.717, 1.165) is 0 Å². The van der Waals surface area contributed by atoms with E-state index in [0.29, 0.717) is 13.2 Å². The largest absolute Gasteiger partial charge is 0.455 e. The first-order valence-electron chi connectivity index (χ1n) is 8.70. The van der Waals surface area contributed by atoms with E-state index in [1.54, 1.807) is 6.92 Å². The fraction of sp³-hybridized carbons (Fsp3) is 0.529. The van der Waals surface area contributed by atoms with Gasteiger partial charge in [-0.2, -0.15) is 4.31 Å². The van der Waals surface area contributed by atoms with Crippen LogP contribution < -0.4 is 5.32 Å². The Kier molecular flexibility index (Phi) is 6.39. The quantitative estimate of drug-likeness (QED) is 0.490. The Balaban J connectivity index is 1.65. The van der Waals surface area contributed by atoms with Crippen LogP contribution in [0.5, 0.6) is 0 Å². The second kappa shape index (κ2) is 8.20. The Morgan fingerprint density at radius 3 is 2.48 bits per heavy atom. The summed E-state index contributed by atoms with van der Waals surface area (Å²) in [6, 6.07) is 3.99. The van der Waals surface area contributed by atoms with E-state index >= 15 is 0 Å². The number of nitrogens with zero attached hydrogens (tertiary/aromatic N) is 1. The number of esters is 1. The molecule has 1 N–H and O–H groups in total. The lowest BCUT2D eigenvalue weighted by Crippen LogP contribution is -2.40. The number of anilines is 1. The predicted molar refractivity (Wildman–Crippen MR) is 108 cm³/mol. The SMILES string of the molecule is C[C@@]1(C(=O)OCC(=O)Nc2cc(S(=O)(=O)N3CCOCC3)ccc2Cl)CC1(Cl)Cl. The van der Waals surface area contributed by atoms with Crippen LogP contribution in [0.15, 0.2) is 23.1 Å². The number of sulfonamides is 1. The van der Waals surface area contributed by atoms with Gasteiger partial charge in [0.15, 0.2) is 6.61 Å². The van der Waals surface area contributed by atoms with Crippen LogP contribution in [-0.2, 0) is 29.1 Å². The van der Waals surface area contributed by atoms with E-state index in [9.17, 15) is 18.0 Å². The summed E-state index contributed by atoms with van der Waals surface area (Å²) >= 11 is 17.9. The van der Waals surface area contributed by atoms with Crippen LogP contribution in [-0.4, -0.2) is 61.8 Å². The molecule has 2 aliphatic rings. The highest BCUT2D eigenvalue weighted by molar-refractivity contribution is 7.89. The van der Waals surface area contributed by atoms with Gasteiger partial charge in [0.25, 0.3) is 5.91 Å². The number of morpholine rings is 1. The summed E-state index contributed by atoms with van der Waals surface area (Å²) in [7, 11) is -3.76. The summed E-state index contributed by atoms with van der Waals surface area (Å²) in [5.41, 5.74) is -0.969. The molecule has 1 aliphatic heterocycles. The molecule has 1 aliphatic carbocycles. The van der Waals surface area contributed by atoms with Crippen molar-refractivity contribution >= 4 is 62.4 Å². The summed E-state index contributed by atoms with van der Waals surface area (Å²) in [6.45, 7) is 2.06. The van der Waals surface area contributed by atoms with Gasteiger partial charge in [-0.05, 0) is 25.1 Å². The number of rotatable bonds is 6. The van der Waals surface area contributed by atoms with E-state index in [4.69, 9.17) is 44.3 Å². The summed E-state index contributed by atoms with van der Waals surface area (Å²) in [4.78, 5) is 24.2. The first-order chi connectivity index (χ1) is 13.5. The zero-order chi connectivity index (χ0) is 21.4. The van der Waals surface area contributed by atoms with Crippen LogP contribution in [0.1, 0.15) is 13.3 Å². The van der Waals surface area contributed by atoms with Crippen molar-refractivity contribution in [3.8, 4) is 0 Å². The Hall–Kier alpha value is -1.10. The molecule has 1 atom stereocenters. The zero-order valence-electron chi connectivity index (χ0n) is 15.4. The molecule has 0 radical (unpaired) electrons. The van der Waals surface area contributed by atoms with Gasteiger partial charge < -0.3 is 14.8 Å². The van der Waals surface area contributed by atoms with Crippen LogP contribution in [0.25, 0.3) is 0 Å². The van der Waals surface area contributed by atoms with Gasteiger partial charge >= 0.3 is 5.97 Å². The van der Waals surface area contributed by atoms with Gasteiger partial charge in [0.2, 0.25) is 10.0 Å². The average molecular weight is 486 g/mol. The van der Waals surface area contributed by atoms with Gasteiger partial charge in [0.1, 0.15) is 9.75 Å². The molecule has 8 nitrogen and oxygen atoms in total. The van der Waals surface area contributed by atoms with Crippen LogP contribution >= 0.6 is 34.8 Å². The number of nitrogens with one attached hydrogen (secondary N) is 1. The first-order valence-corrected chi connectivity index (χ1v) is 11.3. The van der Waals surface area contributed by atoms with Crippen molar-refractivity contribution in [1.82, 2.24) is 4.31 Å². The van der Waals surface area contributed by atoms with Crippen molar-refractivity contribution in [1.29, 1.82) is 0 Å². The summed E-state index contributed by atoms with van der Waals surface area (Å²) < 4.78 is 35.7. The molecule has 0 unspecified atom stereocenters. The summed E-state index contributed by atoms with van der Waals surface area (Å²) in [5.74, 6) is -1.37.